The number of benzene rings is 1. The second kappa shape index (κ2) is 8.66. The molecule has 0 spiro atoms. The Morgan fingerprint density at radius 3 is 2.29 bits per heavy atom. The first-order valence-corrected chi connectivity index (χ1v) is 10.3. The van der Waals surface area contributed by atoms with Gasteiger partial charge in [0.05, 0.1) is 22.2 Å². The summed E-state index contributed by atoms with van der Waals surface area (Å²) in [6.45, 7) is 4.87. The maximum atomic E-state index is 12.7. The van der Waals surface area contributed by atoms with Crippen molar-refractivity contribution in [3.8, 4) is 5.75 Å². The summed E-state index contributed by atoms with van der Waals surface area (Å²) in [5.41, 5.74) is 0.803. The van der Waals surface area contributed by atoms with E-state index < -0.39 is 34.2 Å². The third-order valence-corrected chi connectivity index (χ3v) is 4.87. The van der Waals surface area contributed by atoms with Crippen molar-refractivity contribution in [2.45, 2.75) is 38.8 Å². The number of carbonyl (C=O) groups excluding carboxylic acids is 1. The van der Waals surface area contributed by atoms with Gasteiger partial charge < -0.3 is 25.2 Å². The van der Waals surface area contributed by atoms with E-state index in [4.69, 9.17) is 14.6 Å². The highest BCUT2D eigenvalue weighted by molar-refractivity contribution is 7.97. The molecule has 0 fully saturated rings. The van der Waals surface area contributed by atoms with E-state index in [1.807, 2.05) is 0 Å². The number of aliphatic hydroxyl groups is 1. The van der Waals surface area contributed by atoms with E-state index in [1.54, 1.807) is 52.1 Å². The summed E-state index contributed by atoms with van der Waals surface area (Å²) in [5.74, 6) is 0.00172. The summed E-state index contributed by atoms with van der Waals surface area (Å²) < 4.78 is 34.2. The fourth-order valence-electron chi connectivity index (χ4n) is 2.58. The number of nitrogens with one attached hydrogen (secondary N) is 2. The van der Waals surface area contributed by atoms with Gasteiger partial charge in [0.15, 0.2) is 16.6 Å². The van der Waals surface area contributed by atoms with Crippen LogP contribution in [0.5, 0.6) is 5.75 Å². The van der Waals surface area contributed by atoms with Gasteiger partial charge in [-0.3, -0.25) is 0 Å². The van der Waals surface area contributed by atoms with Crippen LogP contribution in [0.1, 0.15) is 26.3 Å². The van der Waals surface area contributed by atoms with Crippen LogP contribution < -0.4 is 15.4 Å². The van der Waals surface area contributed by atoms with Crippen LogP contribution in [0.15, 0.2) is 46.5 Å². The van der Waals surface area contributed by atoms with Gasteiger partial charge in [-0.15, -0.1) is 0 Å². The minimum atomic E-state index is -3.49. The quantitative estimate of drug-likeness (QED) is 0.433. The average Bonchev–Trinajstić information content (AvgIpc) is 2.88. The van der Waals surface area contributed by atoms with E-state index in [-0.39, 0.29) is 6.42 Å². The summed E-state index contributed by atoms with van der Waals surface area (Å²) in [6.07, 6.45) is 0.267. The van der Waals surface area contributed by atoms with Crippen LogP contribution in [-0.4, -0.2) is 45.0 Å². The first-order chi connectivity index (χ1) is 13.0. The van der Waals surface area contributed by atoms with Gasteiger partial charge in [-0.25, -0.2) is 13.2 Å². The standard InChI is InChI=1S/C19H26N2O6S/c1-19(2,3)27-18(23)15(9-13-5-7-14(8-6-13)26-12-22)21-17-11-28(24,25)10-16(17)20-4/h5-8,10-11,15,20-22H,9,12H2,1-4H3/t15-/m0/s1. The SMILES string of the molecule is CNC1=CS(=O)(=O)C=C1N[C@@H](Cc1ccc(OCO)cc1)C(=O)OC(C)(C)C. The van der Waals surface area contributed by atoms with Crippen molar-refractivity contribution < 1.29 is 27.8 Å². The predicted molar refractivity (Wildman–Crippen MR) is 105 cm³/mol. The van der Waals surface area contributed by atoms with Crippen molar-refractivity contribution in [3.05, 3.63) is 52.0 Å². The van der Waals surface area contributed by atoms with Crippen LogP contribution in [0.25, 0.3) is 0 Å². The molecular weight excluding hydrogens is 384 g/mol. The molecule has 28 heavy (non-hydrogen) atoms. The number of likely N-dealkylation sites (N-methyl/N-ethyl adjacent to an activating group) is 1. The number of carbonyl (C=O) groups is 1. The number of hydrogen-bond acceptors (Lipinski definition) is 8. The summed E-state index contributed by atoms with van der Waals surface area (Å²) in [6, 6.07) is 6.07. The van der Waals surface area contributed by atoms with Gasteiger partial charge in [-0.2, -0.15) is 0 Å². The van der Waals surface area contributed by atoms with E-state index >= 15 is 0 Å². The van der Waals surface area contributed by atoms with Crippen molar-refractivity contribution in [2.24, 2.45) is 0 Å². The third kappa shape index (κ3) is 6.28. The molecule has 1 aliphatic heterocycles. The number of aliphatic hydroxyl groups excluding tert-OH is 1. The van der Waals surface area contributed by atoms with Crippen molar-refractivity contribution in [1.82, 2.24) is 10.6 Å². The second-order valence-corrected chi connectivity index (χ2v) is 8.90. The maximum absolute atomic E-state index is 12.7. The molecule has 154 valence electrons. The highest BCUT2D eigenvalue weighted by atomic mass is 32.2. The molecule has 0 aromatic heterocycles. The molecule has 2 rings (SSSR count). The van der Waals surface area contributed by atoms with Gasteiger partial charge in [0.25, 0.3) is 0 Å². The molecule has 1 aromatic carbocycles. The molecule has 0 saturated heterocycles. The Morgan fingerprint density at radius 2 is 1.75 bits per heavy atom. The van der Waals surface area contributed by atoms with Crippen LogP contribution in [0.3, 0.4) is 0 Å². The van der Waals surface area contributed by atoms with Crippen LogP contribution >= 0.6 is 0 Å². The van der Waals surface area contributed by atoms with Crippen molar-refractivity contribution in [1.29, 1.82) is 0 Å². The Balaban J connectivity index is 2.24. The Labute approximate surface area is 165 Å². The molecule has 1 heterocycles. The maximum Gasteiger partial charge on any atom is 0.329 e. The first kappa shape index (κ1) is 21.8. The molecule has 9 heteroatoms. The normalized spacial score (nSPS) is 16.6. The Hall–Kier alpha value is -2.52. The van der Waals surface area contributed by atoms with E-state index in [0.29, 0.717) is 17.1 Å². The molecule has 1 atom stereocenters. The molecular formula is C19H26N2O6S. The van der Waals surface area contributed by atoms with Gasteiger partial charge in [-0.05, 0) is 38.5 Å². The Kier molecular flexibility index (Phi) is 6.73. The summed E-state index contributed by atoms with van der Waals surface area (Å²) in [4.78, 5) is 12.7. The van der Waals surface area contributed by atoms with Crippen LogP contribution in [-0.2, 0) is 25.8 Å². The summed E-state index contributed by atoms with van der Waals surface area (Å²) >= 11 is 0. The monoisotopic (exact) mass is 410 g/mol. The number of rotatable bonds is 8. The lowest BCUT2D eigenvalue weighted by Crippen LogP contribution is -2.43. The summed E-state index contributed by atoms with van der Waals surface area (Å²) in [7, 11) is -1.89. The molecule has 0 saturated carbocycles. The lowest BCUT2D eigenvalue weighted by molar-refractivity contribution is -0.157. The lowest BCUT2D eigenvalue weighted by atomic mass is 10.0. The van der Waals surface area contributed by atoms with E-state index in [9.17, 15) is 13.2 Å². The van der Waals surface area contributed by atoms with Gasteiger partial charge in [0.2, 0.25) is 0 Å². The average molecular weight is 410 g/mol. The number of ether oxygens (including phenoxy) is 2. The molecule has 0 unspecified atom stereocenters. The van der Waals surface area contributed by atoms with Crippen LogP contribution in [0, 0.1) is 0 Å². The fourth-order valence-corrected chi connectivity index (χ4v) is 3.75. The molecule has 1 aliphatic rings. The van der Waals surface area contributed by atoms with E-state index in [2.05, 4.69) is 10.6 Å². The van der Waals surface area contributed by atoms with Gasteiger partial charge in [0, 0.05) is 13.5 Å². The molecule has 3 N–H and O–H groups in total. The van der Waals surface area contributed by atoms with Crippen LogP contribution in [0.2, 0.25) is 0 Å². The Bertz CT molecular complexity index is 867. The largest absolute Gasteiger partial charge is 0.468 e. The minimum absolute atomic E-state index is 0.267. The predicted octanol–water partition coefficient (Wildman–Crippen LogP) is 1.19. The van der Waals surface area contributed by atoms with Crippen molar-refractivity contribution in [3.63, 3.8) is 0 Å². The molecule has 0 radical (unpaired) electrons. The minimum Gasteiger partial charge on any atom is -0.468 e. The molecule has 1 aromatic rings. The highest BCUT2D eigenvalue weighted by Crippen LogP contribution is 2.21. The third-order valence-electron chi connectivity index (χ3n) is 3.74. The smallest absolute Gasteiger partial charge is 0.329 e. The molecule has 0 bridgehead atoms. The van der Waals surface area contributed by atoms with Gasteiger partial charge in [-0.1, -0.05) is 12.1 Å². The number of hydrogen-bond donors (Lipinski definition) is 3. The highest BCUT2D eigenvalue weighted by Gasteiger charge is 2.29. The lowest BCUT2D eigenvalue weighted by Gasteiger charge is -2.26. The molecule has 0 amide bonds. The van der Waals surface area contributed by atoms with Gasteiger partial charge >= 0.3 is 5.97 Å². The van der Waals surface area contributed by atoms with E-state index in [0.717, 1.165) is 16.4 Å². The second-order valence-electron chi connectivity index (χ2n) is 7.25. The van der Waals surface area contributed by atoms with Crippen molar-refractivity contribution in [2.75, 3.05) is 13.8 Å². The Morgan fingerprint density at radius 1 is 1.14 bits per heavy atom. The fraction of sp³-hybridized carbons (Fsp3) is 0.421. The zero-order chi connectivity index (χ0) is 20.9. The van der Waals surface area contributed by atoms with Crippen molar-refractivity contribution >= 4 is 15.8 Å². The topological polar surface area (TPSA) is 114 Å². The first-order valence-electron chi connectivity index (χ1n) is 8.71. The molecule has 8 nitrogen and oxygen atoms in total. The zero-order valence-electron chi connectivity index (χ0n) is 16.4. The number of esters is 1. The summed E-state index contributed by atoms with van der Waals surface area (Å²) in [5, 5.41) is 16.8. The number of sulfone groups is 1. The van der Waals surface area contributed by atoms with Crippen LogP contribution in [0.4, 0.5) is 0 Å². The molecule has 0 aliphatic carbocycles. The zero-order valence-corrected chi connectivity index (χ0v) is 17.2. The van der Waals surface area contributed by atoms with E-state index in [1.165, 1.54) is 0 Å². The van der Waals surface area contributed by atoms with Gasteiger partial charge in [0.1, 0.15) is 17.4 Å².